The molecule has 0 spiro atoms. The molecule has 186 valence electrons. The Balaban J connectivity index is 1.48. The third-order valence-electron chi connectivity index (χ3n) is 6.56. The Kier molecular flexibility index (Phi) is 9.58. The van der Waals surface area contributed by atoms with Gasteiger partial charge in [0, 0.05) is 50.0 Å². The van der Waals surface area contributed by atoms with Gasteiger partial charge < -0.3 is 25.0 Å². The van der Waals surface area contributed by atoms with E-state index >= 15 is 0 Å². The van der Waals surface area contributed by atoms with Crippen LogP contribution in [0.4, 0.5) is 5.69 Å². The molecule has 5 nitrogen and oxygen atoms in total. The van der Waals surface area contributed by atoms with E-state index in [1.54, 1.807) is 0 Å². The summed E-state index contributed by atoms with van der Waals surface area (Å²) >= 11 is 0. The predicted octanol–water partition coefficient (Wildman–Crippen LogP) is 5.25. The van der Waals surface area contributed by atoms with Crippen LogP contribution in [-0.2, 0) is 17.9 Å². The molecule has 0 bridgehead atoms. The van der Waals surface area contributed by atoms with Crippen molar-refractivity contribution >= 4 is 5.69 Å². The highest BCUT2D eigenvalue weighted by Gasteiger charge is 2.23. The molecule has 0 aromatic heterocycles. The average Bonchev–Trinajstić information content (AvgIpc) is 2.91. The molecule has 3 aromatic rings. The van der Waals surface area contributed by atoms with Crippen molar-refractivity contribution in [3.63, 3.8) is 0 Å². The van der Waals surface area contributed by atoms with Crippen LogP contribution >= 0.6 is 0 Å². The number of nitrogens with one attached hydrogen (secondary N) is 2. The zero-order valence-electron chi connectivity index (χ0n) is 21.1. The quantitative estimate of drug-likeness (QED) is 0.352. The van der Waals surface area contributed by atoms with E-state index in [2.05, 4.69) is 83.1 Å². The minimum Gasteiger partial charge on any atom is -0.493 e. The SMILES string of the molecule is CCOc1ccccc1-c1ccc(N2CCNC[C@H]2CC)c(CNCCOCc2ccccc2)c1. The largest absolute Gasteiger partial charge is 0.493 e. The normalized spacial score (nSPS) is 15.8. The van der Waals surface area contributed by atoms with Crippen LogP contribution in [-0.4, -0.2) is 45.4 Å². The van der Waals surface area contributed by atoms with Crippen LogP contribution in [0.2, 0.25) is 0 Å². The first kappa shape index (κ1) is 25.2. The number of hydrogen-bond donors (Lipinski definition) is 2. The molecule has 1 heterocycles. The first-order valence-corrected chi connectivity index (χ1v) is 12.9. The fourth-order valence-electron chi connectivity index (χ4n) is 4.74. The highest BCUT2D eigenvalue weighted by molar-refractivity contribution is 5.74. The molecule has 1 aliphatic heterocycles. The van der Waals surface area contributed by atoms with Crippen molar-refractivity contribution in [2.75, 3.05) is 44.3 Å². The third kappa shape index (κ3) is 6.85. The van der Waals surface area contributed by atoms with Crippen LogP contribution in [0.25, 0.3) is 11.1 Å². The Morgan fingerprint density at radius 1 is 1.00 bits per heavy atom. The standard InChI is InChI=1S/C30H39N3O2/c1-3-27-22-31-16-18-33(27)29-15-14-25(28-12-8-9-13-30(28)35-4-2)20-26(29)21-32-17-19-34-23-24-10-6-5-7-11-24/h5-15,20,27,31-32H,3-4,16-19,21-23H2,1-2H3/t27-/m1/s1. The van der Waals surface area contributed by atoms with Gasteiger partial charge in [-0.3, -0.25) is 0 Å². The molecular weight excluding hydrogens is 434 g/mol. The monoisotopic (exact) mass is 473 g/mol. The number of benzene rings is 3. The lowest BCUT2D eigenvalue weighted by atomic mass is 9.99. The van der Waals surface area contributed by atoms with E-state index < -0.39 is 0 Å². The van der Waals surface area contributed by atoms with Gasteiger partial charge in [-0.2, -0.15) is 0 Å². The first-order chi connectivity index (χ1) is 17.3. The second-order valence-corrected chi connectivity index (χ2v) is 8.95. The lowest BCUT2D eigenvalue weighted by molar-refractivity contribution is 0.122. The number of hydrogen-bond acceptors (Lipinski definition) is 5. The Morgan fingerprint density at radius 2 is 1.83 bits per heavy atom. The molecule has 0 aliphatic carbocycles. The van der Waals surface area contributed by atoms with Gasteiger partial charge in [0.15, 0.2) is 0 Å². The van der Waals surface area contributed by atoms with Gasteiger partial charge in [0.1, 0.15) is 5.75 Å². The summed E-state index contributed by atoms with van der Waals surface area (Å²) in [5.41, 5.74) is 6.18. The van der Waals surface area contributed by atoms with Crippen LogP contribution in [0.1, 0.15) is 31.4 Å². The number of para-hydroxylation sites is 1. The Hall–Kier alpha value is -2.86. The van der Waals surface area contributed by atoms with Crippen LogP contribution in [0, 0.1) is 0 Å². The molecule has 0 radical (unpaired) electrons. The van der Waals surface area contributed by atoms with Gasteiger partial charge in [-0.15, -0.1) is 0 Å². The van der Waals surface area contributed by atoms with E-state index in [0.29, 0.717) is 25.9 Å². The molecule has 5 heteroatoms. The molecule has 0 saturated carbocycles. The van der Waals surface area contributed by atoms with E-state index in [1.807, 2.05) is 19.1 Å². The number of piperazine rings is 1. The molecule has 1 fully saturated rings. The third-order valence-corrected chi connectivity index (χ3v) is 6.56. The maximum Gasteiger partial charge on any atom is 0.127 e. The Labute approximate surface area is 210 Å². The summed E-state index contributed by atoms with van der Waals surface area (Å²) in [5.74, 6) is 0.935. The molecule has 0 amide bonds. The lowest BCUT2D eigenvalue weighted by Gasteiger charge is -2.39. The van der Waals surface area contributed by atoms with E-state index in [-0.39, 0.29) is 0 Å². The predicted molar refractivity (Wildman–Crippen MR) is 145 cm³/mol. The molecular formula is C30H39N3O2. The first-order valence-electron chi connectivity index (χ1n) is 12.9. The molecule has 2 N–H and O–H groups in total. The summed E-state index contributed by atoms with van der Waals surface area (Å²) in [5, 5.41) is 7.17. The van der Waals surface area contributed by atoms with Gasteiger partial charge in [-0.25, -0.2) is 0 Å². The minimum atomic E-state index is 0.512. The van der Waals surface area contributed by atoms with E-state index in [1.165, 1.54) is 22.4 Å². The maximum atomic E-state index is 5.92. The van der Waals surface area contributed by atoms with Gasteiger partial charge in [-0.05, 0) is 48.2 Å². The molecule has 3 aromatic carbocycles. The number of anilines is 1. The van der Waals surface area contributed by atoms with E-state index in [0.717, 1.165) is 50.5 Å². The fourth-order valence-corrected chi connectivity index (χ4v) is 4.74. The zero-order valence-corrected chi connectivity index (χ0v) is 21.1. The second kappa shape index (κ2) is 13.3. The average molecular weight is 474 g/mol. The van der Waals surface area contributed by atoms with Crippen molar-refractivity contribution in [1.82, 2.24) is 10.6 Å². The van der Waals surface area contributed by atoms with Crippen molar-refractivity contribution in [2.24, 2.45) is 0 Å². The molecule has 35 heavy (non-hydrogen) atoms. The molecule has 1 aliphatic rings. The van der Waals surface area contributed by atoms with Gasteiger partial charge in [0.05, 0.1) is 19.8 Å². The number of rotatable bonds is 12. The number of nitrogens with zero attached hydrogens (tertiary/aromatic N) is 1. The van der Waals surface area contributed by atoms with Crippen LogP contribution in [0.5, 0.6) is 5.75 Å². The highest BCUT2D eigenvalue weighted by Crippen LogP contribution is 2.34. The minimum absolute atomic E-state index is 0.512. The maximum absolute atomic E-state index is 5.92. The topological polar surface area (TPSA) is 45.8 Å². The highest BCUT2D eigenvalue weighted by atomic mass is 16.5. The van der Waals surface area contributed by atoms with E-state index in [4.69, 9.17) is 9.47 Å². The number of ether oxygens (including phenoxy) is 2. The Morgan fingerprint density at radius 3 is 2.66 bits per heavy atom. The van der Waals surface area contributed by atoms with Crippen LogP contribution < -0.4 is 20.3 Å². The fraction of sp³-hybridized carbons (Fsp3) is 0.400. The van der Waals surface area contributed by atoms with Crippen molar-refractivity contribution in [3.05, 3.63) is 83.9 Å². The summed E-state index contributed by atoms with van der Waals surface area (Å²) in [6.45, 7) is 11.0. The lowest BCUT2D eigenvalue weighted by Crippen LogP contribution is -2.51. The Bertz CT molecular complexity index is 1040. The summed E-state index contributed by atoms with van der Waals surface area (Å²) in [6, 6.07) is 26.0. The molecule has 0 unspecified atom stereocenters. The van der Waals surface area contributed by atoms with Gasteiger partial charge >= 0.3 is 0 Å². The molecule has 1 saturated heterocycles. The smallest absolute Gasteiger partial charge is 0.127 e. The molecule has 1 atom stereocenters. The van der Waals surface area contributed by atoms with Crippen molar-refractivity contribution in [2.45, 2.75) is 39.5 Å². The summed E-state index contributed by atoms with van der Waals surface area (Å²) in [7, 11) is 0. The summed E-state index contributed by atoms with van der Waals surface area (Å²) in [4.78, 5) is 2.58. The van der Waals surface area contributed by atoms with Gasteiger partial charge in [-0.1, -0.05) is 61.5 Å². The van der Waals surface area contributed by atoms with Crippen molar-refractivity contribution in [1.29, 1.82) is 0 Å². The van der Waals surface area contributed by atoms with Gasteiger partial charge in [0.25, 0.3) is 0 Å². The van der Waals surface area contributed by atoms with Gasteiger partial charge in [0.2, 0.25) is 0 Å². The van der Waals surface area contributed by atoms with E-state index in [9.17, 15) is 0 Å². The summed E-state index contributed by atoms with van der Waals surface area (Å²) in [6.07, 6.45) is 1.13. The summed E-state index contributed by atoms with van der Waals surface area (Å²) < 4.78 is 11.8. The van der Waals surface area contributed by atoms with Crippen molar-refractivity contribution in [3.8, 4) is 16.9 Å². The van der Waals surface area contributed by atoms with Crippen LogP contribution in [0.15, 0.2) is 72.8 Å². The zero-order chi connectivity index (χ0) is 24.3. The molecule has 4 rings (SSSR count). The second-order valence-electron chi connectivity index (χ2n) is 8.95. The van der Waals surface area contributed by atoms with Crippen molar-refractivity contribution < 1.29 is 9.47 Å². The van der Waals surface area contributed by atoms with Crippen LogP contribution in [0.3, 0.4) is 0 Å².